The molecule has 4 heteroatoms. The van der Waals surface area contributed by atoms with Crippen LogP contribution in [0.25, 0.3) is 0 Å². The molecule has 1 saturated carbocycles. The third-order valence-electron chi connectivity index (χ3n) is 2.53. The van der Waals surface area contributed by atoms with Crippen LogP contribution in [0.5, 0.6) is 0 Å². The molecule has 1 aromatic carbocycles. The molecule has 2 rings (SSSR count). The lowest BCUT2D eigenvalue weighted by Gasteiger charge is -2.19. The van der Waals surface area contributed by atoms with Gasteiger partial charge in [-0.3, -0.25) is 4.79 Å². The second-order valence-corrected chi connectivity index (χ2v) is 7.38. The number of hydrogen-bond donors (Lipinski definition) is 0. The largest absolute Gasteiger partial charge is 0.300 e. The molecule has 1 nitrogen and oxygen atoms in total. The molecule has 86 valence electrons. The van der Waals surface area contributed by atoms with Crippen LogP contribution >= 0.6 is 37.5 Å². The quantitative estimate of drug-likeness (QED) is 0.752. The summed E-state index contributed by atoms with van der Waals surface area (Å²) in [6, 6.07) is 8.31. The Morgan fingerprint density at radius 3 is 2.69 bits per heavy atom. The van der Waals surface area contributed by atoms with E-state index in [2.05, 4.69) is 40.2 Å². The maximum absolute atomic E-state index is 11.3. The molecule has 0 heterocycles. The standard InChI is InChI=1S/C12H13BrOS2/c13-9-4-6-11(7-5-9)15-16-12-3-1-2-10(14)8-12/h4-7,12H,1-3,8H2. The zero-order chi connectivity index (χ0) is 11.4. The van der Waals surface area contributed by atoms with Crippen molar-refractivity contribution in [3.05, 3.63) is 28.7 Å². The normalized spacial score (nSPS) is 21.1. The first-order chi connectivity index (χ1) is 7.74. The second-order valence-electron chi connectivity index (χ2n) is 3.89. The van der Waals surface area contributed by atoms with Gasteiger partial charge in [-0.1, -0.05) is 37.5 Å². The molecule has 1 aliphatic rings. The van der Waals surface area contributed by atoms with Crippen LogP contribution in [0.3, 0.4) is 0 Å². The molecular weight excluding hydrogens is 304 g/mol. The van der Waals surface area contributed by atoms with Gasteiger partial charge in [-0.15, -0.1) is 0 Å². The Morgan fingerprint density at radius 2 is 2.00 bits per heavy atom. The predicted octanol–water partition coefficient (Wildman–Crippen LogP) is 4.70. The summed E-state index contributed by atoms with van der Waals surface area (Å²) in [4.78, 5) is 12.6. The molecular formula is C12H13BrOS2. The van der Waals surface area contributed by atoms with Crippen LogP contribution in [0.15, 0.2) is 33.6 Å². The highest BCUT2D eigenvalue weighted by Gasteiger charge is 2.20. The van der Waals surface area contributed by atoms with Gasteiger partial charge in [-0.25, -0.2) is 0 Å². The number of rotatable bonds is 3. The number of benzene rings is 1. The first kappa shape index (κ1) is 12.5. The van der Waals surface area contributed by atoms with Gasteiger partial charge in [0.2, 0.25) is 0 Å². The Bertz CT molecular complexity index is 364. The first-order valence-electron chi connectivity index (χ1n) is 5.34. The van der Waals surface area contributed by atoms with Crippen molar-refractivity contribution in [2.45, 2.75) is 35.8 Å². The lowest BCUT2D eigenvalue weighted by molar-refractivity contribution is -0.120. The number of hydrogen-bond acceptors (Lipinski definition) is 3. The van der Waals surface area contributed by atoms with Crippen LogP contribution < -0.4 is 0 Å². The molecule has 0 N–H and O–H groups in total. The van der Waals surface area contributed by atoms with Gasteiger partial charge in [0, 0.05) is 27.5 Å². The lowest BCUT2D eigenvalue weighted by Crippen LogP contribution is -2.15. The minimum atomic E-state index is 0.431. The van der Waals surface area contributed by atoms with Gasteiger partial charge in [-0.05, 0) is 37.1 Å². The van der Waals surface area contributed by atoms with Gasteiger partial charge in [0.1, 0.15) is 5.78 Å². The summed E-state index contributed by atoms with van der Waals surface area (Å²) in [5.41, 5.74) is 0. The van der Waals surface area contributed by atoms with Crippen LogP contribution in [0.2, 0.25) is 0 Å². The van der Waals surface area contributed by atoms with Crippen molar-refractivity contribution in [1.29, 1.82) is 0 Å². The molecule has 1 aliphatic carbocycles. The van der Waals surface area contributed by atoms with Gasteiger partial charge >= 0.3 is 0 Å². The summed E-state index contributed by atoms with van der Waals surface area (Å²) >= 11 is 3.42. The van der Waals surface area contributed by atoms with Gasteiger partial charge in [0.15, 0.2) is 0 Å². The molecule has 0 radical (unpaired) electrons. The summed E-state index contributed by atoms with van der Waals surface area (Å²) in [6.45, 7) is 0. The van der Waals surface area contributed by atoms with Gasteiger partial charge in [-0.2, -0.15) is 0 Å². The fourth-order valence-electron chi connectivity index (χ4n) is 1.68. The monoisotopic (exact) mass is 316 g/mol. The summed E-state index contributed by atoms with van der Waals surface area (Å²) in [5, 5.41) is 0.509. The van der Waals surface area contributed by atoms with Crippen LogP contribution in [0.1, 0.15) is 25.7 Å². The van der Waals surface area contributed by atoms with Gasteiger partial charge in [0.05, 0.1) is 0 Å². The van der Waals surface area contributed by atoms with Crippen molar-refractivity contribution in [3.8, 4) is 0 Å². The molecule has 0 aromatic heterocycles. The van der Waals surface area contributed by atoms with E-state index in [4.69, 9.17) is 0 Å². The van der Waals surface area contributed by atoms with Crippen LogP contribution in [0.4, 0.5) is 0 Å². The van der Waals surface area contributed by atoms with Crippen molar-refractivity contribution in [2.75, 3.05) is 0 Å². The Morgan fingerprint density at radius 1 is 1.25 bits per heavy atom. The molecule has 1 unspecified atom stereocenters. The van der Waals surface area contributed by atoms with Crippen molar-refractivity contribution in [1.82, 2.24) is 0 Å². The van der Waals surface area contributed by atoms with E-state index in [9.17, 15) is 4.79 Å². The molecule has 1 aromatic rings. The smallest absolute Gasteiger partial charge is 0.134 e. The minimum absolute atomic E-state index is 0.431. The van der Waals surface area contributed by atoms with Crippen LogP contribution in [-0.2, 0) is 4.79 Å². The van der Waals surface area contributed by atoms with E-state index in [1.54, 1.807) is 10.8 Å². The van der Waals surface area contributed by atoms with E-state index in [0.29, 0.717) is 11.0 Å². The fourth-order valence-corrected chi connectivity index (χ4v) is 4.52. The zero-order valence-corrected chi connectivity index (χ0v) is 12.0. The Labute approximate surface area is 112 Å². The summed E-state index contributed by atoms with van der Waals surface area (Å²) in [7, 11) is 3.62. The van der Waals surface area contributed by atoms with Crippen molar-refractivity contribution in [3.63, 3.8) is 0 Å². The van der Waals surface area contributed by atoms with E-state index in [-0.39, 0.29) is 0 Å². The number of carbonyl (C=O) groups excluding carboxylic acids is 1. The van der Waals surface area contributed by atoms with E-state index in [1.165, 1.54) is 11.3 Å². The van der Waals surface area contributed by atoms with Gasteiger partial charge < -0.3 is 0 Å². The Kier molecular flexibility index (Phi) is 4.79. The van der Waals surface area contributed by atoms with Gasteiger partial charge in [0.25, 0.3) is 0 Å². The summed E-state index contributed by atoms with van der Waals surface area (Å²) in [5.74, 6) is 0.431. The Balaban J connectivity index is 1.82. The van der Waals surface area contributed by atoms with Crippen LogP contribution in [-0.4, -0.2) is 11.0 Å². The van der Waals surface area contributed by atoms with Crippen molar-refractivity contribution in [2.24, 2.45) is 0 Å². The lowest BCUT2D eigenvalue weighted by atomic mass is 9.99. The van der Waals surface area contributed by atoms with E-state index >= 15 is 0 Å². The molecule has 0 aliphatic heterocycles. The topological polar surface area (TPSA) is 17.1 Å². The van der Waals surface area contributed by atoms with Crippen LogP contribution in [0, 0.1) is 0 Å². The molecule has 1 atom stereocenters. The maximum atomic E-state index is 11.3. The summed E-state index contributed by atoms with van der Waals surface area (Å²) < 4.78 is 1.11. The molecule has 0 amide bonds. The van der Waals surface area contributed by atoms with Crippen molar-refractivity contribution < 1.29 is 4.79 Å². The zero-order valence-electron chi connectivity index (χ0n) is 8.82. The van der Waals surface area contributed by atoms with E-state index in [1.807, 2.05) is 10.8 Å². The highest BCUT2D eigenvalue weighted by Crippen LogP contribution is 2.39. The SMILES string of the molecule is O=C1CCCC(SSc2ccc(Br)cc2)C1. The third-order valence-corrected chi connectivity index (χ3v) is 5.98. The highest BCUT2D eigenvalue weighted by molar-refractivity contribution is 9.10. The maximum Gasteiger partial charge on any atom is 0.134 e. The molecule has 0 saturated heterocycles. The summed E-state index contributed by atoms with van der Waals surface area (Å²) in [6.07, 6.45) is 3.80. The number of ketones is 1. The molecule has 0 bridgehead atoms. The Hall–Kier alpha value is 0.0700. The average Bonchev–Trinajstić information content (AvgIpc) is 2.28. The fraction of sp³-hybridized carbons (Fsp3) is 0.417. The average molecular weight is 317 g/mol. The first-order valence-corrected chi connectivity index (χ1v) is 8.35. The molecule has 16 heavy (non-hydrogen) atoms. The van der Waals surface area contributed by atoms with E-state index in [0.717, 1.165) is 23.7 Å². The number of carbonyl (C=O) groups is 1. The third kappa shape index (κ3) is 3.82. The number of halogens is 1. The molecule has 1 fully saturated rings. The molecule has 0 spiro atoms. The second kappa shape index (κ2) is 6.12. The minimum Gasteiger partial charge on any atom is -0.300 e. The number of Topliss-reactive ketones (excluding diaryl/α,β-unsaturated/α-hetero) is 1. The highest BCUT2D eigenvalue weighted by atomic mass is 79.9. The van der Waals surface area contributed by atoms with Crippen molar-refractivity contribution >= 4 is 43.3 Å². The van der Waals surface area contributed by atoms with E-state index < -0.39 is 0 Å². The predicted molar refractivity (Wildman–Crippen MR) is 74.9 cm³/mol.